The Kier molecular flexibility index (Phi) is 6.73. The van der Waals surface area contributed by atoms with Gasteiger partial charge in [-0.15, -0.1) is 0 Å². The first kappa shape index (κ1) is 23.5. The minimum atomic E-state index is 0.161. The fourth-order valence-electron chi connectivity index (χ4n) is 4.71. The van der Waals surface area contributed by atoms with Crippen LogP contribution in [0.4, 0.5) is 5.82 Å². The quantitative estimate of drug-likeness (QED) is 0.374. The van der Waals surface area contributed by atoms with Gasteiger partial charge in [-0.25, -0.2) is 9.50 Å². The number of aromatic nitrogens is 3. The van der Waals surface area contributed by atoms with E-state index in [1.807, 2.05) is 65.8 Å². The van der Waals surface area contributed by atoms with E-state index >= 15 is 0 Å². The van der Waals surface area contributed by atoms with Gasteiger partial charge in [0.05, 0.1) is 26.0 Å². The zero-order valence-electron chi connectivity index (χ0n) is 20.8. The number of hydrogen-bond donors (Lipinski definition) is 0. The first-order valence-electron chi connectivity index (χ1n) is 13.0. The van der Waals surface area contributed by atoms with Crippen LogP contribution in [0.15, 0.2) is 73.1 Å². The van der Waals surface area contributed by atoms with Crippen LogP contribution in [-0.2, 0) is 16.1 Å². The van der Waals surface area contributed by atoms with Gasteiger partial charge in [-0.05, 0) is 42.2 Å². The Morgan fingerprint density at radius 2 is 1.92 bits per heavy atom. The first-order valence-corrected chi connectivity index (χ1v) is 13.0. The van der Waals surface area contributed by atoms with Gasteiger partial charge in [0.1, 0.15) is 18.2 Å². The molecule has 0 spiro atoms. The lowest BCUT2D eigenvalue weighted by Crippen LogP contribution is -2.42. The van der Waals surface area contributed by atoms with Crippen molar-refractivity contribution in [3.63, 3.8) is 0 Å². The number of anilines is 1. The summed E-state index contributed by atoms with van der Waals surface area (Å²) in [5.74, 6) is 2.02. The van der Waals surface area contributed by atoms with Crippen LogP contribution < -0.4 is 9.64 Å². The SMILES string of the molecule is O=C(C1CC1)N1CCOc2cccc(c2)-c2cnn3ccc(nc23)N(CCOCc2ccccc2)CC1. The largest absolute Gasteiger partial charge is 0.492 e. The molecule has 1 aliphatic carbocycles. The molecule has 0 N–H and O–H groups in total. The number of fused-ring (bicyclic) bond motifs is 4. The number of carbonyl (C=O) groups is 1. The van der Waals surface area contributed by atoms with Gasteiger partial charge in [0.25, 0.3) is 0 Å². The molecule has 2 aliphatic rings. The van der Waals surface area contributed by atoms with E-state index in [0.29, 0.717) is 46.0 Å². The highest BCUT2D eigenvalue weighted by molar-refractivity contribution is 5.81. The highest BCUT2D eigenvalue weighted by Gasteiger charge is 2.33. The van der Waals surface area contributed by atoms with Crippen LogP contribution in [-0.4, -0.2) is 64.8 Å². The van der Waals surface area contributed by atoms with Gasteiger partial charge in [-0.2, -0.15) is 5.10 Å². The lowest BCUT2D eigenvalue weighted by atomic mass is 10.1. The Balaban J connectivity index is 1.28. The molecule has 3 heterocycles. The molecule has 1 amide bonds. The second-order valence-corrected chi connectivity index (χ2v) is 9.61. The zero-order chi connectivity index (χ0) is 25.0. The van der Waals surface area contributed by atoms with Crippen molar-refractivity contribution < 1.29 is 14.3 Å². The zero-order valence-corrected chi connectivity index (χ0v) is 20.8. The molecule has 0 atom stereocenters. The number of amides is 1. The summed E-state index contributed by atoms with van der Waals surface area (Å²) in [6, 6.07) is 20.2. The average Bonchev–Trinajstić information content (AvgIpc) is 3.70. The Morgan fingerprint density at radius 1 is 1.03 bits per heavy atom. The molecule has 4 aromatic rings. The van der Waals surface area contributed by atoms with Crippen molar-refractivity contribution in [2.45, 2.75) is 19.4 Å². The Morgan fingerprint density at radius 3 is 2.78 bits per heavy atom. The summed E-state index contributed by atoms with van der Waals surface area (Å²) in [5.41, 5.74) is 3.89. The molecule has 6 rings (SSSR count). The predicted molar refractivity (Wildman–Crippen MR) is 142 cm³/mol. The Labute approximate surface area is 216 Å². The van der Waals surface area contributed by atoms with Crippen LogP contribution in [0, 0.1) is 5.92 Å². The third kappa shape index (κ3) is 5.44. The summed E-state index contributed by atoms with van der Waals surface area (Å²) in [5, 5.41) is 4.52. The van der Waals surface area contributed by atoms with Crippen molar-refractivity contribution in [2.75, 3.05) is 44.3 Å². The molecule has 1 aliphatic heterocycles. The maximum atomic E-state index is 13.1. The fourth-order valence-corrected chi connectivity index (χ4v) is 4.71. The number of benzene rings is 2. The summed E-state index contributed by atoms with van der Waals surface area (Å²) >= 11 is 0. The average molecular weight is 498 g/mol. The first-order chi connectivity index (χ1) is 18.2. The van der Waals surface area contributed by atoms with E-state index in [4.69, 9.17) is 14.5 Å². The third-order valence-corrected chi connectivity index (χ3v) is 6.95. The van der Waals surface area contributed by atoms with Crippen LogP contribution >= 0.6 is 0 Å². The second kappa shape index (κ2) is 10.6. The van der Waals surface area contributed by atoms with Gasteiger partial charge in [-0.1, -0.05) is 42.5 Å². The molecule has 190 valence electrons. The predicted octanol–water partition coefficient (Wildman–Crippen LogP) is 4.05. The van der Waals surface area contributed by atoms with Crippen LogP contribution in [0.25, 0.3) is 16.8 Å². The monoisotopic (exact) mass is 497 g/mol. The number of nitrogens with zero attached hydrogens (tertiary/aromatic N) is 5. The molecule has 0 radical (unpaired) electrons. The molecule has 1 fully saturated rings. The van der Waals surface area contributed by atoms with Crippen LogP contribution in [0.1, 0.15) is 18.4 Å². The van der Waals surface area contributed by atoms with E-state index in [2.05, 4.69) is 22.1 Å². The fraction of sp³-hybridized carbons (Fsp3) is 0.345. The minimum Gasteiger partial charge on any atom is -0.492 e. The molecular weight excluding hydrogens is 466 g/mol. The van der Waals surface area contributed by atoms with Gasteiger partial charge >= 0.3 is 0 Å². The Hall–Kier alpha value is -3.91. The lowest BCUT2D eigenvalue weighted by molar-refractivity contribution is -0.132. The molecule has 8 heteroatoms. The molecule has 0 saturated heterocycles. The second-order valence-electron chi connectivity index (χ2n) is 9.61. The minimum absolute atomic E-state index is 0.161. The van der Waals surface area contributed by atoms with E-state index < -0.39 is 0 Å². The van der Waals surface area contributed by atoms with Gasteiger partial charge < -0.3 is 19.3 Å². The maximum Gasteiger partial charge on any atom is 0.225 e. The molecular formula is C29H31N5O3. The normalized spacial score (nSPS) is 16.0. The van der Waals surface area contributed by atoms with Crippen molar-refractivity contribution >= 4 is 17.4 Å². The number of ether oxygens (including phenoxy) is 2. The van der Waals surface area contributed by atoms with Gasteiger partial charge in [0.2, 0.25) is 5.91 Å². The van der Waals surface area contributed by atoms with Crippen molar-refractivity contribution in [3.8, 4) is 16.9 Å². The summed E-state index contributed by atoms with van der Waals surface area (Å²) in [7, 11) is 0. The number of carbonyl (C=O) groups excluding carboxylic acids is 1. The van der Waals surface area contributed by atoms with E-state index in [0.717, 1.165) is 46.7 Å². The van der Waals surface area contributed by atoms with Crippen molar-refractivity contribution in [1.29, 1.82) is 0 Å². The molecule has 4 bridgehead atoms. The van der Waals surface area contributed by atoms with E-state index in [-0.39, 0.29) is 11.8 Å². The van der Waals surface area contributed by atoms with Crippen molar-refractivity contribution in [1.82, 2.24) is 19.5 Å². The lowest BCUT2D eigenvalue weighted by Gasteiger charge is -2.29. The van der Waals surface area contributed by atoms with Crippen LogP contribution in [0.3, 0.4) is 0 Å². The van der Waals surface area contributed by atoms with Crippen LogP contribution in [0.5, 0.6) is 5.75 Å². The molecule has 8 nitrogen and oxygen atoms in total. The smallest absolute Gasteiger partial charge is 0.225 e. The highest BCUT2D eigenvalue weighted by Crippen LogP contribution is 2.31. The highest BCUT2D eigenvalue weighted by atomic mass is 16.5. The summed E-state index contributed by atoms with van der Waals surface area (Å²) in [6.45, 7) is 4.06. The van der Waals surface area contributed by atoms with E-state index in [1.165, 1.54) is 0 Å². The van der Waals surface area contributed by atoms with Crippen molar-refractivity contribution in [2.24, 2.45) is 5.92 Å². The topological polar surface area (TPSA) is 72.2 Å². The van der Waals surface area contributed by atoms with Gasteiger partial charge in [-0.3, -0.25) is 4.79 Å². The van der Waals surface area contributed by atoms with Gasteiger partial charge in [0, 0.05) is 37.3 Å². The molecule has 1 saturated carbocycles. The standard InChI is InChI=1S/C29H31N5O3/c35-29(23-9-10-23)33-14-13-32(15-17-36-21-22-5-2-1-3-6-22)27-11-12-34-28(31-27)26(20-30-34)24-7-4-8-25(19-24)37-18-16-33/h1-8,11-12,19-20,23H,9-10,13-18,21H2. The summed E-state index contributed by atoms with van der Waals surface area (Å²) < 4.78 is 13.9. The number of rotatable bonds is 6. The van der Waals surface area contributed by atoms with E-state index in [1.54, 1.807) is 4.52 Å². The molecule has 2 aromatic heterocycles. The third-order valence-electron chi connectivity index (χ3n) is 6.95. The molecule has 2 aromatic carbocycles. The molecule has 0 unspecified atom stereocenters. The number of hydrogen-bond acceptors (Lipinski definition) is 6. The summed E-state index contributed by atoms with van der Waals surface area (Å²) in [6.07, 6.45) is 5.76. The Bertz CT molecular complexity index is 1370. The summed E-state index contributed by atoms with van der Waals surface area (Å²) in [4.78, 5) is 22.2. The molecule has 37 heavy (non-hydrogen) atoms. The maximum absolute atomic E-state index is 13.1. The van der Waals surface area contributed by atoms with Crippen LogP contribution in [0.2, 0.25) is 0 Å². The van der Waals surface area contributed by atoms with E-state index in [9.17, 15) is 4.79 Å². The van der Waals surface area contributed by atoms with Gasteiger partial charge in [0.15, 0.2) is 5.65 Å². The van der Waals surface area contributed by atoms with Crippen molar-refractivity contribution in [3.05, 3.63) is 78.6 Å².